The number of hydrogen-bond donors (Lipinski definition) is 1. The summed E-state index contributed by atoms with van der Waals surface area (Å²) >= 11 is 6.23. The number of nitrogens with zero attached hydrogens (tertiary/aromatic N) is 5. The summed E-state index contributed by atoms with van der Waals surface area (Å²) in [5.41, 5.74) is 1.04. The highest BCUT2D eigenvalue weighted by atomic mass is 127. The quantitative estimate of drug-likeness (QED) is 0.409. The van der Waals surface area contributed by atoms with Crippen molar-refractivity contribution in [3.05, 3.63) is 53.3 Å². The van der Waals surface area contributed by atoms with Gasteiger partial charge in [0.1, 0.15) is 0 Å². The number of hydrogen-bond acceptors (Lipinski definition) is 4. The van der Waals surface area contributed by atoms with Gasteiger partial charge in [0, 0.05) is 50.1 Å². The molecule has 0 aliphatic carbocycles. The Morgan fingerprint density at radius 3 is 2.46 bits per heavy atom. The van der Waals surface area contributed by atoms with E-state index < -0.39 is 0 Å². The van der Waals surface area contributed by atoms with E-state index in [1.807, 2.05) is 30.3 Å². The maximum atomic E-state index is 6.23. The van der Waals surface area contributed by atoms with Crippen LogP contribution in [0.15, 0.2) is 47.7 Å². The second-order valence-electron chi connectivity index (χ2n) is 5.78. The molecule has 140 valence electrons. The zero-order chi connectivity index (χ0) is 17.5. The number of guanidine groups is 1. The largest absolute Gasteiger partial charge is 0.357 e. The average Bonchev–Trinajstić information content (AvgIpc) is 2.67. The van der Waals surface area contributed by atoms with Crippen molar-refractivity contribution in [3.8, 4) is 0 Å². The molecule has 1 aliphatic rings. The van der Waals surface area contributed by atoms with Crippen LogP contribution in [-0.4, -0.2) is 53.6 Å². The van der Waals surface area contributed by atoms with Gasteiger partial charge in [-0.3, -0.25) is 0 Å². The van der Waals surface area contributed by atoms with E-state index in [9.17, 15) is 0 Å². The fraction of sp³-hybridized carbons (Fsp3) is 0.389. The number of rotatable bonds is 4. The van der Waals surface area contributed by atoms with Crippen molar-refractivity contribution in [2.75, 3.05) is 37.6 Å². The molecule has 26 heavy (non-hydrogen) atoms. The van der Waals surface area contributed by atoms with Crippen LogP contribution in [0, 0.1) is 0 Å². The summed E-state index contributed by atoms with van der Waals surface area (Å²) in [6.07, 6.45) is 3.56. The number of anilines is 1. The SMILES string of the molecule is CCNC(=NCc1ccccc1Cl)N1CCN(c2ncccn2)CC1.I. The molecule has 1 N–H and O–H groups in total. The van der Waals surface area contributed by atoms with Crippen LogP contribution in [0.4, 0.5) is 5.95 Å². The van der Waals surface area contributed by atoms with Gasteiger partial charge in [0.2, 0.25) is 5.95 Å². The van der Waals surface area contributed by atoms with Crippen LogP contribution in [0.5, 0.6) is 0 Å². The Hall–Kier alpha value is -1.61. The highest BCUT2D eigenvalue weighted by molar-refractivity contribution is 14.0. The van der Waals surface area contributed by atoms with Crippen molar-refractivity contribution in [1.82, 2.24) is 20.2 Å². The Bertz CT molecular complexity index is 704. The van der Waals surface area contributed by atoms with Crippen LogP contribution in [0.2, 0.25) is 5.02 Å². The summed E-state index contributed by atoms with van der Waals surface area (Å²) in [4.78, 5) is 17.9. The van der Waals surface area contributed by atoms with Gasteiger partial charge in [-0.15, -0.1) is 24.0 Å². The Kier molecular flexibility index (Phi) is 8.37. The Labute approximate surface area is 176 Å². The number of aromatic nitrogens is 2. The number of piperazine rings is 1. The van der Waals surface area contributed by atoms with Crippen molar-refractivity contribution < 1.29 is 0 Å². The van der Waals surface area contributed by atoms with Crippen LogP contribution in [0.25, 0.3) is 0 Å². The van der Waals surface area contributed by atoms with Crippen molar-refractivity contribution >= 4 is 47.5 Å². The third kappa shape index (κ3) is 5.44. The van der Waals surface area contributed by atoms with Gasteiger partial charge in [0.25, 0.3) is 0 Å². The summed E-state index contributed by atoms with van der Waals surface area (Å²) in [5, 5.41) is 4.14. The molecule has 1 saturated heterocycles. The molecule has 0 saturated carbocycles. The fourth-order valence-corrected chi connectivity index (χ4v) is 2.98. The molecular weight excluding hydrogens is 463 g/mol. The van der Waals surface area contributed by atoms with E-state index in [2.05, 4.69) is 32.0 Å². The molecule has 0 bridgehead atoms. The lowest BCUT2D eigenvalue weighted by Gasteiger charge is -2.36. The second-order valence-corrected chi connectivity index (χ2v) is 6.19. The Balaban J connectivity index is 0.00000243. The number of aliphatic imine (C=N–C) groups is 1. The van der Waals surface area contributed by atoms with Crippen LogP contribution >= 0.6 is 35.6 Å². The van der Waals surface area contributed by atoms with Crippen molar-refractivity contribution in [1.29, 1.82) is 0 Å². The van der Waals surface area contributed by atoms with Gasteiger partial charge in [0.15, 0.2) is 5.96 Å². The number of halogens is 2. The minimum Gasteiger partial charge on any atom is -0.357 e. The molecule has 0 unspecified atom stereocenters. The monoisotopic (exact) mass is 486 g/mol. The molecule has 6 nitrogen and oxygen atoms in total. The third-order valence-corrected chi connectivity index (χ3v) is 4.47. The minimum atomic E-state index is 0. The molecule has 1 aromatic carbocycles. The van der Waals surface area contributed by atoms with Gasteiger partial charge in [-0.1, -0.05) is 29.8 Å². The van der Waals surface area contributed by atoms with Crippen LogP contribution in [0.1, 0.15) is 12.5 Å². The molecule has 1 aliphatic heterocycles. The van der Waals surface area contributed by atoms with Gasteiger partial charge in [0.05, 0.1) is 6.54 Å². The first-order valence-electron chi connectivity index (χ1n) is 8.56. The van der Waals surface area contributed by atoms with Gasteiger partial charge in [-0.2, -0.15) is 0 Å². The maximum absolute atomic E-state index is 6.23. The zero-order valence-corrected chi connectivity index (χ0v) is 17.9. The smallest absolute Gasteiger partial charge is 0.225 e. The molecule has 0 atom stereocenters. The average molecular weight is 487 g/mol. The van der Waals surface area contributed by atoms with Gasteiger partial charge < -0.3 is 15.1 Å². The van der Waals surface area contributed by atoms with E-state index in [4.69, 9.17) is 16.6 Å². The zero-order valence-electron chi connectivity index (χ0n) is 14.8. The molecule has 3 rings (SSSR count). The Morgan fingerprint density at radius 2 is 1.81 bits per heavy atom. The van der Waals surface area contributed by atoms with E-state index in [0.717, 1.165) is 55.2 Å². The predicted octanol–water partition coefficient (Wildman–Crippen LogP) is 3.04. The molecule has 0 amide bonds. The first-order chi connectivity index (χ1) is 12.3. The lowest BCUT2D eigenvalue weighted by Crippen LogP contribution is -2.52. The van der Waals surface area contributed by atoms with Crippen molar-refractivity contribution in [3.63, 3.8) is 0 Å². The molecule has 8 heteroatoms. The maximum Gasteiger partial charge on any atom is 0.225 e. The molecular formula is C18H24ClIN6. The normalized spacial score (nSPS) is 14.8. The van der Waals surface area contributed by atoms with Crippen LogP contribution in [-0.2, 0) is 6.54 Å². The fourth-order valence-electron chi connectivity index (χ4n) is 2.79. The van der Waals surface area contributed by atoms with E-state index in [0.29, 0.717) is 6.54 Å². The summed E-state index contributed by atoms with van der Waals surface area (Å²) in [6.45, 7) is 7.01. The number of nitrogens with one attached hydrogen (secondary N) is 1. The standard InChI is InChI=1S/C18H23ClN6.HI/c1-2-20-17(23-14-15-6-3-4-7-16(15)19)24-10-12-25(13-11-24)18-21-8-5-9-22-18;/h3-9H,2,10-14H2,1H3,(H,20,23);1H. The first kappa shape index (κ1) is 20.7. The summed E-state index contributed by atoms with van der Waals surface area (Å²) in [7, 11) is 0. The molecule has 0 radical (unpaired) electrons. The number of benzene rings is 1. The Morgan fingerprint density at radius 1 is 1.12 bits per heavy atom. The van der Waals surface area contributed by atoms with Crippen LogP contribution in [0.3, 0.4) is 0 Å². The first-order valence-corrected chi connectivity index (χ1v) is 8.94. The molecule has 2 aromatic rings. The summed E-state index contributed by atoms with van der Waals surface area (Å²) < 4.78 is 0. The predicted molar refractivity (Wildman–Crippen MR) is 118 cm³/mol. The minimum absolute atomic E-state index is 0. The molecule has 0 spiro atoms. The highest BCUT2D eigenvalue weighted by Crippen LogP contribution is 2.16. The van der Waals surface area contributed by atoms with Gasteiger partial charge in [-0.25, -0.2) is 15.0 Å². The molecule has 1 aromatic heterocycles. The van der Waals surface area contributed by atoms with E-state index >= 15 is 0 Å². The van der Waals surface area contributed by atoms with Crippen molar-refractivity contribution in [2.24, 2.45) is 4.99 Å². The van der Waals surface area contributed by atoms with E-state index in [-0.39, 0.29) is 24.0 Å². The van der Waals surface area contributed by atoms with Crippen molar-refractivity contribution in [2.45, 2.75) is 13.5 Å². The van der Waals surface area contributed by atoms with E-state index in [1.165, 1.54) is 0 Å². The van der Waals surface area contributed by atoms with Crippen LogP contribution < -0.4 is 10.2 Å². The van der Waals surface area contributed by atoms with E-state index in [1.54, 1.807) is 12.4 Å². The molecule has 2 heterocycles. The third-order valence-electron chi connectivity index (χ3n) is 4.11. The summed E-state index contributed by atoms with van der Waals surface area (Å²) in [6, 6.07) is 9.68. The lowest BCUT2D eigenvalue weighted by molar-refractivity contribution is 0.370. The second kappa shape index (κ2) is 10.5. The highest BCUT2D eigenvalue weighted by Gasteiger charge is 2.21. The summed E-state index contributed by atoms with van der Waals surface area (Å²) in [5.74, 6) is 1.72. The van der Waals surface area contributed by atoms with Gasteiger partial charge in [-0.05, 0) is 24.6 Å². The topological polar surface area (TPSA) is 56.7 Å². The molecule has 1 fully saturated rings. The van der Waals surface area contributed by atoms with Gasteiger partial charge >= 0.3 is 0 Å². The lowest BCUT2D eigenvalue weighted by atomic mass is 10.2.